The SMILES string of the molecule is CC(C)n1cc(CN2CCC3(CC2)CN(c2ccccc2)C(=O)O3)c2cc(-c3ccccc3C(F)(F)F)ccc21. The normalized spacial score (nSPS) is 17.8. The first kappa shape index (κ1) is 26.4. The highest BCUT2D eigenvalue weighted by Crippen LogP contribution is 2.40. The van der Waals surface area contributed by atoms with E-state index in [0.717, 1.165) is 54.2 Å². The summed E-state index contributed by atoms with van der Waals surface area (Å²) in [5.74, 6) is 0. The molecule has 2 aliphatic rings. The second-order valence-electron chi connectivity index (χ2n) is 11.2. The molecule has 1 amide bonds. The average Bonchev–Trinajstić information content (AvgIpc) is 3.47. The highest BCUT2D eigenvalue weighted by Gasteiger charge is 2.47. The van der Waals surface area contributed by atoms with Crippen molar-refractivity contribution in [2.45, 2.75) is 51.1 Å². The van der Waals surface area contributed by atoms with E-state index >= 15 is 0 Å². The fourth-order valence-corrected chi connectivity index (χ4v) is 6.08. The Morgan fingerprint density at radius 2 is 1.65 bits per heavy atom. The zero-order valence-corrected chi connectivity index (χ0v) is 22.6. The summed E-state index contributed by atoms with van der Waals surface area (Å²) in [6, 6.07) is 21.2. The smallest absolute Gasteiger partial charge is 0.417 e. The van der Waals surface area contributed by atoms with Crippen molar-refractivity contribution < 1.29 is 22.7 Å². The summed E-state index contributed by atoms with van der Waals surface area (Å²) < 4.78 is 49.4. The number of fused-ring (bicyclic) bond motifs is 1. The highest BCUT2D eigenvalue weighted by atomic mass is 19.4. The van der Waals surface area contributed by atoms with Crippen LogP contribution in [0.4, 0.5) is 23.7 Å². The van der Waals surface area contributed by atoms with Gasteiger partial charge in [-0.3, -0.25) is 9.80 Å². The predicted molar refractivity (Wildman–Crippen MR) is 150 cm³/mol. The van der Waals surface area contributed by atoms with Crippen LogP contribution in [0.5, 0.6) is 0 Å². The van der Waals surface area contributed by atoms with Gasteiger partial charge in [-0.1, -0.05) is 42.5 Å². The molecule has 4 aromatic rings. The van der Waals surface area contributed by atoms with Crippen LogP contribution in [-0.4, -0.2) is 40.8 Å². The first-order valence-electron chi connectivity index (χ1n) is 13.7. The standard InChI is InChI=1S/C32H32F3N3O2/c1-22(2)37-20-24(27-18-23(12-13-29(27)37)26-10-6-7-11-28(26)32(33,34)35)19-36-16-14-31(15-17-36)21-38(30(39)40-31)25-8-4-3-5-9-25/h3-13,18,20,22H,14-17,19,21H2,1-2H3. The van der Waals surface area contributed by atoms with Gasteiger partial charge in [0.1, 0.15) is 5.60 Å². The number of para-hydroxylation sites is 1. The number of carbonyl (C=O) groups excluding carboxylic acids is 1. The maximum atomic E-state index is 13.8. The Balaban J connectivity index is 1.25. The van der Waals surface area contributed by atoms with Gasteiger partial charge in [0.15, 0.2) is 0 Å². The number of rotatable bonds is 5. The van der Waals surface area contributed by atoms with Gasteiger partial charge in [0, 0.05) is 61.3 Å². The monoisotopic (exact) mass is 547 g/mol. The molecule has 2 saturated heterocycles. The van der Waals surface area contributed by atoms with E-state index in [1.54, 1.807) is 17.0 Å². The largest absolute Gasteiger partial charge is 0.441 e. The first-order valence-corrected chi connectivity index (χ1v) is 13.7. The lowest BCUT2D eigenvalue weighted by Crippen LogP contribution is -2.46. The van der Waals surface area contributed by atoms with Gasteiger partial charge in [-0.05, 0) is 60.9 Å². The van der Waals surface area contributed by atoms with Gasteiger partial charge in [-0.15, -0.1) is 0 Å². The number of ether oxygens (including phenoxy) is 1. The molecule has 2 fully saturated rings. The van der Waals surface area contributed by atoms with Crippen LogP contribution in [0.25, 0.3) is 22.0 Å². The van der Waals surface area contributed by atoms with Gasteiger partial charge in [0.25, 0.3) is 0 Å². The Hall–Kier alpha value is -3.78. The molecule has 208 valence electrons. The molecule has 8 heteroatoms. The van der Waals surface area contributed by atoms with Crippen LogP contribution in [0.15, 0.2) is 79.0 Å². The number of hydrogen-bond donors (Lipinski definition) is 0. The molecule has 0 aliphatic carbocycles. The van der Waals surface area contributed by atoms with Crippen molar-refractivity contribution in [2.75, 3.05) is 24.5 Å². The third-order valence-electron chi connectivity index (χ3n) is 8.21. The van der Waals surface area contributed by atoms with Crippen molar-refractivity contribution in [1.29, 1.82) is 0 Å². The molecule has 2 aliphatic heterocycles. The molecule has 0 radical (unpaired) electrons. The Morgan fingerprint density at radius 1 is 0.950 bits per heavy atom. The van der Waals surface area contributed by atoms with Gasteiger partial charge >= 0.3 is 12.3 Å². The minimum Gasteiger partial charge on any atom is -0.441 e. The van der Waals surface area contributed by atoms with Gasteiger partial charge < -0.3 is 9.30 Å². The summed E-state index contributed by atoms with van der Waals surface area (Å²) in [7, 11) is 0. The third-order valence-corrected chi connectivity index (χ3v) is 8.21. The minimum absolute atomic E-state index is 0.186. The lowest BCUT2D eigenvalue weighted by atomic mass is 9.91. The molecule has 1 spiro atoms. The van der Waals surface area contributed by atoms with E-state index in [4.69, 9.17) is 4.74 Å². The first-order chi connectivity index (χ1) is 19.1. The fourth-order valence-electron chi connectivity index (χ4n) is 6.08. The van der Waals surface area contributed by atoms with Gasteiger partial charge in [-0.2, -0.15) is 13.2 Å². The molecule has 0 N–H and O–H groups in total. The van der Waals surface area contributed by atoms with Crippen molar-refractivity contribution in [3.05, 3.63) is 90.1 Å². The summed E-state index contributed by atoms with van der Waals surface area (Å²) in [4.78, 5) is 16.7. The summed E-state index contributed by atoms with van der Waals surface area (Å²) in [5, 5.41) is 0.964. The third kappa shape index (κ3) is 4.85. The summed E-state index contributed by atoms with van der Waals surface area (Å²) >= 11 is 0. The van der Waals surface area contributed by atoms with E-state index < -0.39 is 17.3 Å². The number of nitrogens with zero attached hydrogens (tertiary/aromatic N) is 3. The van der Waals surface area contributed by atoms with Crippen LogP contribution in [0.1, 0.15) is 43.9 Å². The Kier molecular flexibility index (Phi) is 6.61. The summed E-state index contributed by atoms with van der Waals surface area (Å²) in [6.45, 7) is 6.95. The lowest BCUT2D eigenvalue weighted by Gasteiger charge is -2.37. The number of carbonyl (C=O) groups is 1. The highest BCUT2D eigenvalue weighted by molar-refractivity contribution is 5.90. The molecule has 0 unspecified atom stereocenters. The lowest BCUT2D eigenvalue weighted by molar-refractivity contribution is -0.137. The maximum absolute atomic E-state index is 13.8. The van der Waals surface area contributed by atoms with Crippen LogP contribution in [0.2, 0.25) is 0 Å². The molecule has 0 atom stereocenters. The molecule has 1 aromatic heterocycles. The van der Waals surface area contributed by atoms with Gasteiger partial charge in [0.2, 0.25) is 0 Å². The van der Waals surface area contributed by atoms with Gasteiger partial charge in [-0.25, -0.2) is 4.79 Å². The quantitative estimate of drug-likeness (QED) is 0.255. The van der Waals surface area contributed by atoms with E-state index in [2.05, 4.69) is 29.5 Å². The topological polar surface area (TPSA) is 37.7 Å². The van der Waals surface area contributed by atoms with E-state index in [1.807, 2.05) is 42.5 Å². The number of likely N-dealkylation sites (tertiary alicyclic amines) is 1. The molecule has 0 bridgehead atoms. The second kappa shape index (κ2) is 10.0. The van der Waals surface area contributed by atoms with Crippen LogP contribution in [0.3, 0.4) is 0 Å². The summed E-state index contributed by atoms with van der Waals surface area (Å²) in [5.41, 5.74) is 2.55. The zero-order chi connectivity index (χ0) is 28.1. The number of hydrogen-bond acceptors (Lipinski definition) is 3. The second-order valence-corrected chi connectivity index (χ2v) is 11.2. The van der Waals surface area contributed by atoms with E-state index in [-0.39, 0.29) is 17.7 Å². The number of amides is 1. The molecule has 0 saturated carbocycles. The van der Waals surface area contributed by atoms with Crippen molar-refractivity contribution in [1.82, 2.24) is 9.47 Å². The Morgan fingerprint density at radius 3 is 2.35 bits per heavy atom. The number of anilines is 1. The van der Waals surface area contributed by atoms with Crippen LogP contribution in [0, 0.1) is 0 Å². The van der Waals surface area contributed by atoms with Crippen LogP contribution in [-0.2, 0) is 17.5 Å². The Labute approximate surface area is 231 Å². The summed E-state index contributed by atoms with van der Waals surface area (Å²) in [6.07, 6.45) is -1.14. The molecule has 5 nitrogen and oxygen atoms in total. The van der Waals surface area contributed by atoms with Crippen LogP contribution >= 0.6 is 0 Å². The molecule has 6 rings (SSSR count). The minimum atomic E-state index is -4.43. The number of piperidine rings is 1. The number of aromatic nitrogens is 1. The molecule has 3 heterocycles. The molecule has 40 heavy (non-hydrogen) atoms. The van der Waals surface area contributed by atoms with Crippen molar-refractivity contribution in [3.8, 4) is 11.1 Å². The average molecular weight is 548 g/mol. The fraction of sp³-hybridized carbons (Fsp3) is 0.344. The zero-order valence-electron chi connectivity index (χ0n) is 22.6. The van der Waals surface area contributed by atoms with Crippen molar-refractivity contribution in [2.24, 2.45) is 0 Å². The number of alkyl halides is 3. The van der Waals surface area contributed by atoms with Crippen molar-refractivity contribution >= 4 is 22.7 Å². The van der Waals surface area contributed by atoms with E-state index in [9.17, 15) is 18.0 Å². The maximum Gasteiger partial charge on any atom is 0.417 e. The Bertz CT molecular complexity index is 1540. The van der Waals surface area contributed by atoms with Crippen LogP contribution < -0.4 is 4.90 Å². The van der Waals surface area contributed by atoms with Crippen molar-refractivity contribution in [3.63, 3.8) is 0 Å². The number of halogens is 3. The molecular formula is C32H32F3N3O2. The predicted octanol–water partition coefficient (Wildman–Crippen LogP) is 7.90. The van der Waals surface area contributed by atoms with Gasteiger partial charge in [0.05, 0.1) is 12.1 Å². The van der Waals surface area contributed by atoms with E-state index in [0.29, 0.717) is 18.7 Å². The number of benzene rings is 3. The molecular weight excluding hydrogens is 515 g/mol. The van der Waals surface area contributed by atoms with E-state index in [1.165, 1.54) is 12.1 Å². The molecule has 3 aromatic carbocycles.